The first-order valence-corrected chi connectivity index (χ1v) is 14.8. The highest BCUT2D eigenvalue weighted by atomic mass is 16.8. The first-order valence-electron chi connectivity index (χ1n) is 14.8. The second-order valence-corrected chi connectivity index (χ2v) is 11.9. The van der Waals surface area contributed by atoms with Gasteiger partial charge in [0.15, 0.2) is 18.9 Å². The van der Waals surface area contributed by atoms with Crippen molar-refractivity contribution in [3.05, 3.63) is 0 Å². The summed E-state index contributed by atoms with van der Waals surface area (Å²) in [6, 6.07) is -3.97. The molecule has 0 aromatic heterocycles. The van der Waals surface area contributed by atoms with Gasteiger partial charge < -0.3 is 93.5 Å². The van der Waals surface area contributed by atoms with Crippen LogP contribution in [0.1, 0.15) is 26.2 Å². The molecule has 252 valence electrons. The van der Waals surface area contributed by atoms with Crippen molar-refractivity contribution in [2.24, 2.45) is 34.4 Å². The normalized spacial score (nSPS) is 52.8. The lowest BCUT2D eigenvalue weighted by molar-refractivity contribution is -0.306. The maximum Gasteiger partial charge on any atom is 0.187 e. The van der Waals surface area contributed by atoms with Gasteiger partial charge in [0.2, 0.25) is 0 Å². The van der Waals surface area contributed by atoms with Crippen LogP contribution in [-0.4, -0.2) is 160 Å². The number of ether oxygens (including phenoxy) is 6. The van der Waals surface area contributed by atoms with Crippen molar-refractivity contribution >= 4 is 0 Å². The van der Waals surface area contributed by atoms with E-state index in [9.17, 15) is 30.6 Å². The minimum absolute atomic E-state index is 0.115. The smallest absolute Gasteiger partial charge is 0.187 e. The van der Waals surface area contributed by atoms with Gasteiger partial charge in [-0.05, 0) is 12.8 Å². The standard InChI is InChI=1S/C25H50N6O12/c1-2-3-9-21(42-24-13(31)18(36)16(34)11(6-27)40-24)19(37)25(38-9)43-22-14(32)7(28)4-8(29)20(22)41-23-12(30)17(35)15(33)10(5-26)39-23/h7-25,32-37H,2-6,26-31H2,1H3/t7-,8?,9-,10?,11?,12?,13-,14?,15-,16-,17-,18?,19?,20-,21+,22-,23+,24-,25+/m1/s1. The molecule has 4 rings (SSSR count). The molecule has 3 heterocycles. The second kappa shape index (κ2) is 14.8. The Morgan fingerprint density at radius 2 is 1.02 bits per heavy atom. The maximum atomic E-state index is 11.3. The second-order valence-electron chi connectivity index (χ2n) is 11.9. The Labute approximate surface area is 249 Å². The Hall–Kier alpha value is -0.720. The zero-order valence-electron chi connectivity index (χ0n) is 24.1. The zero-order valence-corrected chi connectivity index (χ0v) is 24.1. The molecule has 1 aliphatic carbocycles. The third kappa shape index (κ3) is 7.17. The molecule has 0 amide bonds. The fraction of sp³-hybridized carbons (Fsp3) is 1.00. The van der Waals surface area contributed by atoms with E-state index in [0.29, 0.717) is 12.8 Å². The zero-order chi connectivity index (χ0) is 31.7. The lowest BCUT2D eigenvalue weighted by atomic mass is 9.84. The summed E-state index contributed by atoms with van der Waals surface area (Å²) in [6.45, 7) is 1.65. The molecule has 19 atom stereocenters. The van der Waals surface area contributed by atoms with Gasteiger partial charge >= 0.3 is 0 Å². The van der Waals surface area contributed by atoms with Gasteiger partial charge in [-0.15, -0.1) is 0 Å². The molecule has 3 saturated heterocycles. The molecule has 3 aliphatic heterocycles. The summed E-state index contributed by atoms with van der Waals surface area (Å²) in [5.74, 6) is 0. The van der Waals surface area contributed by atoms with Gasteiger partial charge in [0.25, 0.3) is 0 Å². The van der Waals surface area contributed by atoms with E-state index in [2.05, 4.69) is 0 Å². The van der Waals surface area contributed by atoms with Crippen molar-refractivity contribution in [1.82, 2.24) is 0 Å². The van der Waals surface area contributed by atoms with Gasteiger partial charge in [0.05, 0.1) is 24.3 Å². The molecule has 0 aromatic rings. The molecule has 4 fully saturated rings. The van der Waals surface area contributed by atoms with Crippen molar-refractivity contribution in [2.75, 3.05) is 13.1 Å². The minimum atomic E-state index is -1.44. The quantitative estimate of drug-likeness (QED) is 0.107. The summed E-state index contributed by atoms with van der Waals surface area (Å²) in [6.07, 6.45) is -17.0. The van der Waals surface area contributed by atoms with E-state index < -0.39 is 116 Å². The van der Waals surface area contributed by atoms with Crippen LogP contribution in [0.4, 0.5) is 0 Å². The van der Waals surface area contributed by atoms with E-state index in [0.717, 1.165) is 0 Å². The molecule has 18 N–H and O–H groups in total. The van der Waals surface area contributed by atoms with Crippen molar-refractivity contribution in [1.29, 1.82) is 0 Å². The topological polar surface area (TPSA) is 333 Å². The van der Waals surface area contributed by atoms with Crippen LogP contribution in [0.5, 0.6) is 0 Å². The highest BCUT2D eigenvalue weighted by Crippen LogP contribution is 2.35. The van der Waals surface area contributed by atoms with Crippen molar-refractivity contribution < 1.29 is 59.1 Å². The van der Waals surface area contributed by atoms with Crippen LogP contribution in [0.15, 0.2) is 0 Å². The minimum Gasteiger partial charge on any atom is -0.389 e. The van der Waals surface area contributed by atoms with Gasteiger partial charge in [0, 0.05) is 25.2 Å². The number of nitrogens with two attached hydrogens (primary N) is 6. The van der Waals surface area contributed by atoms with Gasteiger partial charge in [-0.25, -0.2) is 0 Å². The monoisotopic (exact) mass is 626 g/mol. The molecule has 18 nitrogen and oxygen atoms in total. The van der Waals surface area contributed by atoms with E-state index in [4.69, 9.17) is 62.8 Å². The molecule has 0 bridgehead atoms. The summed E-state index contributed by atoms with van der Waals surface area (Å²) in [5.41, 5.74) is 36.0. The van der Waals surface area contributed by atoms with Crippen LogP contribution in [-0.2, 0) is 28.4 Å². The molecule has 1 saturated carbocycles. The first-order chi connectivity index (χ1) is 20.3. The summed E-state index contributed by atoms with van der Waals surface area (Å²) in [4.78, 5) is 0. The molecule has 0 aromatic carbocycles. The third-order valence-electron chi connectivity index (χ3n) is 8.76. The number of hydrogen-bond acceptors (Lipinski definition) is 18. The molecule has 4 aliphatic rings. The molecule has 43 heavy (non-hydrogen) atoms. The third-order valence-corrected chi connectivity index (χ3v) is 8.76. The van der Waals surface area contributed by atoms with E-state index >= 15 is 0 Å². The molecule has 18 heteroatoms. The Balaban J connectivity index is 1.51. The van der Waals surface area contributed by atoms with Gasteiger partial charge in [-0.3, -0.25) is 0 Å². The molecule has 7 unspecified atom stereocenters. The SMILES string of the molecule is CCC[C@H]1O[C@@H](O[C@@H]2C(O)[C@H](N)CC(N)[C@H]2O[C@@H]2OC(CN)[C@@H](O)[C@H](O)C2N)C(O)[C@H]1O[C@H]1OC(CN)[C@@H](O)C(O)[C@H]1N. The first kappa shape index (κ1) is 35.1. The fourth-order valence-corrected chi connectivity index (χ4v) is 6.11. The van der Waals surface area contributed by atoms with E-state index in [1.165, 1.54) is 0 Å². The van der Waals surface area contributed by atoms with Crippen molar-refractivity contribution in [3.63, 3.8) is 0 Å². The number of rotatable bonds is 10. The highest BCUT2D eigenvalue weighted by Gasteiger charge is 2.54. The van der Waals surface area contributed by atoms with Gasteiger partial charge in [-0.2, -0.15) is 0 Å². The Kier molecular flexibility index (Phi) is 12.1. The Morgan fingerprint density at radius 3 is 1.51 bits per heavy atom. The Morgan fingerprint density at radius 1 is 0.558 bits per heavy atom. The average molecular weight is 627 g/mol. The predicted octanol–water partition coefficient (Wildman–Crippen LogP) is -7.09. The summed E-state index contributed by atoms with van der Waals surface area (Å²) in [7, 11) is 0. The lowest BCUT2D eigenvalue weighted by Crippen LogP contribution is -2.68. The summed E-state index contributed by atoms with van der Waals surface area (Å²) < 4.78 is 35.6. The fourth-order valence-electron chi connectivity index (χ4n) is 6.11. The lowest BCUT2D eigenvalue weighted by Gasteiger charge is -2.47. The van der Waals surface area contributed by atoms with Gasteiger partial charge in [-0.1, -0.05) is 13.3 Å². The van der Waals surface area contributed by atoms with Crippen molar-refractivity contribution in [3.8, 4) is 0 Å². The summed E-state index contributed by atoms with van der Waals surface area (Å²) >= 11 is 0. The van der Waals surface area contributed by atoms with E-state index in [-0.39, 0.29) is 19.5 Å². The largest absolute Gasteiger partial charge is 0.389 e. The summed E-state index contributed by atoms with van der Waals surface area (Å²) in [5, 5.41) is 63.6. The number of hydrogen-bond donors (Lipinski definition) is 12. The van der Waals surface area contributed by atoms with Crippen LogP contribution in [0.25, 0.3) is 0 Å². The van der Waals surface area contributed by atoms with Crippen LogP contribution in [0.3, 0.4) is 0 Å². The maximum absolute atomic E-state index is 11.3. The van der Waals surface area contributed by atoms with Crippen LogP contribution < -0.4 is 34.4 Å². The molecule has 0 spiro atoms. The van der Waals surface area contributed by atoms with Crippen LogP contribution in [0, 0.1) is 0 Å². The number of aliphatic hydroxyl groups is 6. The molecule has 0 radical (unpaired) electrons. The van der Waals surface area contributed by atoms with E-state index in [1.807, 2.05) is 6.92 Å². The molecular weight excluding hydrogens is 576 g/mol. The van der Waals surface area contributed by atoms with Crippen LogP contribution in [0.2, 0.25) is 0 Å². The van der Waals surface area contributed by atoms with Crippen LogP contribution >= 0.6 is 0 Å². The van der Waals surface area contributed by atoms with Gasteiger partial charge in [0.1, 0.15) is 61.0 Å². The van der Waals surface area contributed by atoms with E-state index in [1.54, 1.807) is 0 Å². The molecular formula is C25H50N6O12. The predicted molar refractivity (Wildman–Crippen MR) is 146 cm³/mol. The highest BCUT2D eigenvalue weighted by molar-refractivity contribution is 5.02. The average Bonchev–Trinajstić information content (AvgIpc) is 3.26. The van der Waals surface area contributed by atoms with Crippen molar-refractivity contribution in [2.45, 2.75) is 142 Å². The Bertz CT molecular complexity index is 883. The number of aliphatic hydroxyl groups excluding tert-OH is 6.